The number of hydrogen-bond acceptors (Lipinski definition) is 9. The zero-order valence-corrected chi connectivity index (χ0v) is 20.3. The van der Waals surface area contributed by atoms with Crippen molar-refractivity contribution in [3.8, 4) is 5.75 Å². The van der Waals surface area contributed by atoms with Crippen LogP contribution in [0.15, 0.2) is 56.3 Å². The van der Waals surface area contributed by atoms with Gasteiger partial charge in [0.1, 0.15) is 12.0 Å². The first-order valence-electron chi connectivity index (χ1n) is 8.43. The SMILES string of the molecule is COC.COc1ccc(C)cc1.N/C(=C\N(N)CC=O)CNSc1ccc(Br)s1. The normalized spacial score (nSPS) is 10.2. The Balaban J connectivity index is 0.000000544. The number of aldehydes is 1. The number of hydrogen-bond donors (Lipinski definition) is 3. The minimum absolute atomic E-state index is 0.131. The third kappa shape index (κ3) is 15.0. The van der Waals surface area contributed by atoms with Crippen LogP contribution in [0, 0.1) is 6.92 Å². The fourth-order valence-electron chi connectivity index (χ4n) is 1.61. The van der Waals surface area contributed by atoms with Crippen molar-refractivity contribution in [2.45, 2.75) is 11.1 Å². The molecule has 162 valence electrons. The van der Waals surface area contributed by atoms with Gasteiger partial charge in [0.15, 0.2) is 0 Å². The van der Waals surface area contributed by atoms with Gasteiger partial charge in [-0.2, -0.15) is 0 Å². The quantitative estimate of drug-likeness (QED) is 0.217. The molecule has 7 nitrogen and oxygen atoms in total. The van der Waals surface area contributed by atoms with E-state index < -0.39 is 0 Å². The van der Waals surface area contributed by atoms with Crippen LogP contribution in [-0.2, 0) is 9.53 Å². The molecule has 0 aliphatic rings. The Morgan fingerprint density at radius 2 is 1.86 bits per heavy atom. The number of aryl methyl sites for hydroxylation is 1. The van der Waals surface area contributed by atoms with Crippen molar-refractivity contribution < 1.29 is 14.3 Å². The number of carbonyl (C=O) groups is 1. The van der Waals surface area contributed by atoms with Gasteiger partial charge in [0, 0.05) is 32.7 Å². The van der Waals surface area contributed by atoms with Crippen LogP contribution in [0.5, 0.6) is 5.75 Å². The summed E-state index contributed by atoms with van der Waals surface area (Å²) in [5.41, 5.74) is 7.54. The van der Waals surface area contributed by atoms with Crippen molar-refractivity contribution >= 4 is 45.5 Å². The smallest absolute Gasteiger partial charge is 0.140 e. The summed E-state index contributed by atoms with van der Waals surface area (Å²) in [5, 5.41) is 1.25. The second kappa shape index (κ2) is 17.3. The van der Waals surface area contributed by atoms with Gasteiger partial charge in [0.05, 0.1) is 21.7 Å². The molecule has 0 radical (unpaired) electrons. The van der Waals surface area contributed by atoms with Crippen LogP contribution in [0.2, 0.25) is 0 Å². The highest BCUT2D eigenvalue weighted by molar-refractivity contribution is 9.11. The Labute approximate surface area is 189 Å². The van der Waals surface area contributed by atoms with Gasteiger partial charge in [0.2, 0.25) is 0 Å². The summed E-state index contributed by atoms with van der Waals surface area (Å²) < 4.78 is 14.6. The Hall–Kier alpha value is -1.56. The summed E-state index contributed by atoms with van der Waals surface area (Å²) >= 11 is 6.52. The number of benzene rings is 1. The Morgan fingerprint density at radius 3 is 2.34 bits per heavy atom. The number of nitrogens with two attached hydrogens (primary N) is 2. The van der Waals surface area contributed by atoms with Crippen LogP contribution < -0.4 is 21.0 Å². The molecule has 0 saturated carbocycles. The summed E-state index contributed by atoms with van der Waals surface area (Å²) in [6.45, 7) is 2.68. The van der Waals surface area contributed by atoms with Crippen molar-refractivity contribution in [3.05, 3.63) is 57.6 Å². The third-order valence-corrected chi connectivity index (χ3v) is 5.42. The number of rotatable bonds is 8. The standard InChI is InChI=1S/C9H13BrN4OS2.C8H10O.C2H6O/c10-8-1-2-9(16-8)17-13-5-7(11)6-14(12)3-4-15;1-7-3-5-8(9-2)6-4-7;1-3-2/h1-2,4,6,13H,3,5,11-12H2;3-6H,1-2H3;1-2H3/b7-6-;;. The first-order valence-corrected chi connectivity index (χ1v) is 10.9. The number of thiophene rings is 1. The zero-order chi connectivity index (χ0) is 22.1. The summed E-state index contributed by atoms with van der Waals surface area (Å²) in [6.07, 6.45) is 2.25. The highest BCUT2D eigenvalue weighted by Crippen LogP contribution is 2.28. The molecule has 1 aromatic carbocycles. The van der Waals surface area contributed by atoms with Gasteiger partial charge in [-0.3, -0.25) is 4.72 Å². The van der Waals surface area contributed by atoms with Crippen molar-refractivity contribution in [2.75, 3.05) is 34.4 Å². The molecule has 2 rings (SSSR count). The van der Waals surface area contributed by atoms with Crippen molar-refractivity contribution in [3.63, 3.8) is 0 Å². The van der Waals surface area contributed by atoms with Crippen LogP contribution in [0.3, 0.4) is 0 Å². The van der Waals surface area contributed by atoms with E-state index in [1.807, 2.05) is 36.4 Å². The van der Waals surface area contributed by atoms with E-state index in [0.29, 0.717) is 12.2 Å². The molecule has 0 atom stereocenters. The molecular weight excluding hydrogens is 476 g/mol. The molecule has 1 heterocycles. The fourth-order valence-corrected chi connectivity index (χ4v) is 4.19. The van der Waals surface area contributed by atoms with E-state index in [4.69, 9.17) is 16.3 Å². The van der Waals surface area contributed by atoms with Gasteiger partial charge in [0.25, 0.3) is 0 Å². The summed E-state index contributed by atoms with van der Waals surface area (Å²) in [6, 6.07) is 12.0. The summed E-state index contributed by atoms with van der Waals surface area (Å²) in [5.74, 6) is 6.40. The molecular formula is C19H29BrN4O3S2. The maximum absolute atomic E-state index is 10.2. The second-order valence-electron chi connectivity index (χ2n) is 5.47. The second-order valence-corrected chi connectivity index (χ2v) is 9.13. The summed E-state index contributed by atoms with van der Waals surface area (Å²) in [4.78, 5) is 10.2. The number of ether oxygens (including phenoxy) is 2. The molecule has 2 aromatic rings. The summed E-state index contributed by atoms with van der Waals surface area (Å²) in [7, 11) is 4.92. The van der Waals surface area contributed by atoms with Crippen LogP contribution in [0.1, 0.15) is 5.56 Å². The van der Waals surface area contributed by atoms with Crippen molar-refractivity contribution in [1.29, 1.82) is 0 Å². The Bertz CT molecular complexity index is 712. The molecule has 0 aliphatic heterocycles. The van der Waals surface area contributed by atoms with Crippen LogP contribution in [0.25, 0.3) is 0 Å². The number of methoxy groups -OCH3 is 2. The molecule has 10 heteroatoms. The average Bonchev–Trinajstić information content (AvgIpc) is 3.09. The van der Waals surface area contributed by atoms with Crippen LogP contribution in [0.4, 0.5) is 0 Å². The predicted molar refractivity (Wildman–Crippen MR) is 126 cm³/mol. The minimum atomic E-state index is 0.131. The lowest BCUT2D eigenvalue weighted by Gasteiger charge is -2.11. The highest BCUT2D eigenvalue weighted by Gasteiger charge is 1.99. The molecule has 5 N–H and O–H groups in total. The Morgan fingerprint density at radius 1 is 1.24 bits per heavy atom. The largest absolute Gasteiger partial charge is 0.497 e. The number of nitrogens with zero attached hydrogens (tertiary/aromatic N) is 1. The number of hydrazine groups is 1. The average molecular weight is 506 g/mol. The molecule has 0 unspecified atom stereocenters. The van der Waals surface area contributed by atoms with Gasteiger partial charge < -0.3 is 25.0 Å². The first kappa shape index (κ1) is 27.4. The maximum Gasteiger partial charge on any atom is 0.140 e. The molecule has 0 spiro atoms. The van der Waals surface area contributed by atoms with Gasteiger partial charge in [-0.1, -0.05) is 17.7 Å². The lowest BCUT2D eigenvalue weighted by molar-refractivity contribution is -0.108. The van der Waals surface area contributed by atoms with Gasteiger partial charge in [-0.25, -0.2) is 5.84 Å². The topological polar surface area (TPSA) is 103 Å². The first-order chi connectivity index (χ1) is 13.9. The lowest BCUT2D eigenvalue weighted by Crippen LogP contribution is -2.29. The highest BCUT2D eigenvalue weighted by atomic mass is 79.9. The number of halogens is 1. The molecule has 0 aliphatic carbocycles. The minimum Gasteiger partial charge on any atom is -0.497 e. The van der Waals surface area contributed by atoms with Gasteiger partial charge in [-0.15, -0.1) is 11.3 Å². The van der Waals surface area contributed by atoms with E-state index in [1.54, 1.807) is 32.7 Å². The monoisotopic (exact) mass is 504 g/mol. The van der Waals surface area contributed by atoms with Gasteiger partial charge in [-0.05, 0) is 59.1 Å². The van der Waals surface area contributed by atoms with E-state index >= 15 is 0 Å². The molecule has 29 heavy (non-hydrogen) atoms. The van der Waals surface area contributed by atoms with E-state index in [9.17, 15) is 4.79 Å². The molecule has 0 amide bonds. The number of nitrogens with one attached hydrogen (secondary N) is 1. The third-order valence-electron chi connectivity index (χ3n) is 2.87. The zero-order valence-electron chi connectivity index (χ0n) is 17.1. The van der Waals surface area contributed by atoms with Gasteiger partial charge >= 0.3 is 0 Å². The van der Waals surface area contributed by atoms with E-state index in [-0.39, 0.29) is 6.54 Å². The molecule has 0 saturated heterocycles. The predicted octanol–water partition coefficient (Wildman–Crippen LogP) is 3.55. The number of carbonyl (C=O) groups excluding carboxylic acids is 1. The fraction of sp³-hybridized carbons (Fsp3) is 0.316. The molecule has 0 bridgehead atoms. The lowest BCUT2D eigenvalue weighted by atomic mass is 10.2. The Kier molecular flexibility index (Phi) is 16.4. The van der Waals surface area contributed by atoms with E-state index in [2.05, 4.69) is 32.3 Å². The van der Waals surface area contributed by atoms with Crippen molar-refractivity contribution in [2.24, 2.45) is 11.6 Å². The van der Waals surface area contributed by atoms with Crippen LogP contribution in [-0.4, -0.2) is 45.7 Å². The van der Waals surface area contributed by atoms with E-state index in [0.717, 1.165) is 20.0 Å². The van der Waals surface area contributed by atoms with Crippen LogP contribution >= 0.6 is 39.2 Å². The molecule has 0 fully saturated rings. The molecule has 1 aromatic heterocycles. The maximum atomic E-state index is 10.2. The van der Waals surface area contributed by atoms with Crippen molar-refractivity contribution in [1.82, 2.24) is 9.73 Å². The van der Waals surface area contributed by atoms with E-state index in [1.165, 1.54) is 28.7 Å².